The second kappa shape index (κ2) is 11.9. The maximum atomic E-state index is 13.8. The molecule has 1 unspecified atom stereocenters. The van der Waals surface area contributed by atoms with Crippen molar-refractivity contribution >= 4 is 23.3 Å². The molecule has 2 amide bonds. The van der Waals surface area contributed by atoms with Crippen molar-refractivity contribution in [3.05, 3.63) is 69.7 Å². The van der Waals surface area contributed by atoms with Crippen LogP contribution in [0.1, 0.15) is 78.2 Å². The maximum Gasteiger partial charge on any atom is 0.416 e. The highest BCUT2D eigenvalue weighted by Gasteiger charge is 2.33. The first-order valence-electron chi connectivity index (χ1n) is 12.5. The molecule has 0 radical (unpaired) electrons. The molecule has 38 heavy (non-hydrogen) atoms. The summed E-state index contributed by atoms with van der Waals surface area (Å²) < 4.78 is 41.3. The molecule has 0 saturated heterocycles. The Balaban J connectivity index is 1.59. The summed E-state index contributed by atoms with van der Waals surface area (Å²) in [5.74, 6) is -0.175. The summed E-state index contributed by atoms with van der Waals surface area (Å²) in [5, 5.41) is 23.2. The molecule has 1 aromatic heterocycles. The second-order valence-electron chi connectivity index (χ2n) is 9.55. The van der Waals surface area contributed by atoms with Crippen molar-refractivity contribution in [2.24, 2.45) is 0 Å². The van der Waals surface area contributed by atoms with Crippen LogP contribution in [0.2, 0.25) is 0 Å². The number of alkyl halides is 3. The van der Waals surface area contributed by atoms with Gasteiger partial charge in [-0.3, -0.25) is 4.79 Å². The van der Waals surface area contributed by atoms with E-state index in [4.69, 9.17) is 5.11 Å². The van der Waals surface area contributed by atoms with Gasteiger partial charge >= 0.3 is 12.3 Å². The average molecular weight is 547 g/mol. The topological polar surface area (TPSA) is 104 Å². The Morgan fingerprint density at radius 2 is 1.74 bits per heavy atom. The highest BCUT2D eigenvalue weighted by molar-refractivity contribution is 7.14. The number of carbonyl (C=O) groups excluding carboxylic acids is 1. The minimum absolute atomic E-state index is 0.0954. The number of carbonyl (C=O) groups is 2. The molecule has 202 valence electrons. The number of benzene rings is 2. The summed E-state index contributed by atoms with van der Waals surface area (Å²) in [6.07, 6.45) is -0.333. The fourth-order valence-corrected chi connectivity index (χ4v) is 5.64. The van der Waals surface area contributed by atoms with Crippen LogP contribution in [-0.4, -0.2) is 27.3 Å². The fourth-order valence-electron chi connectivity index (χ4n) is 4.75. The molecule has 0 spiro atoms. The number of rotatable bonds is 8. The molecule has 1 saturated carbocycles. The molecule has 3 N–H and O–H groups in total. The monoisotopic (exact) mass is 546 g/mol. The van der Waals surface area contributed by atoms with Crippen molar-refractivity contribution < 1.29 is 27.9 Å². The Morgan fingerprint density at radius 3 is 2.37 bits per heavy atom. The molecule has 11 heteroatoms. The van der Waals surface area contributed by atoms with E-state index in [2.05, 4.69) is 20.8 Å². The van der Waals surface area contributed by atoms with Gasteiger partial charge in [0.15, 0.2) is 0 Å². The van der Waals surface area contributed by atoms with Crippen molar-refractivity contribution in [3.63, 3.8) is 0 Å². The quantitative estimate of drug-likeness (QED) is 0.301. The molecule has 0 bridgehead atoms. The van der Waals surface area contributed by atoms with Gasteiger partial charge in [-0.05, 0) is 60.1 Å². The van der Waals surface area contributed by atoms with Gasteiger partial charge < -0.3 is 15.7 Å². The van der Waals surface area contributed by atoms with Crippen LogP contribution >= 0.6 is 11.3 Å². The van der Waals surface area contributed by atoms with E-state index in [1.807, 2.05) is 12.1 Å². The van der Waals surface area contributed by atoms with Crippen LogP contribution in [0.15, 0.2) is 42.5 Å². The molecule has 3 aromatic rings. The summed E-state index contributed by atoms with van der Waals surface area (Å²) in [6.45, 7) is 1.56. The molecule has 4 rings (SSSR count). The predicted molar refractivity (Wildman–Crippen MR) is 138 cm³/mol. The Labute approximate surface area is 222 Å². The smallest absolute Gasteiger partial charge is 0.416 e. The number of hydrogen-bond donors (Lipinski definition) is 3. The van der Waals surface area contributed by atoms with Gasteiger partial charge in [-0.2, -0.15) is 13.2 Å². The zero-order valence-corrected chi connectivity index (χ0v) is 21.7. The van der Waals surface area contributed by atoms with Gasteiger partial charge in [-0.1, -0.05) is 54.9 Å². The van der Waals surface area contributed by atoms with Gasteiger partial charge in [0.2, 0.25) is 5.91 Å². The van der Waals surface area contributed by atoms with Crippen LogP contribution in [0.5, 0.6) is 0 Å². The molecule has 1 fully saturated rings. The van der Waals surface area contributed by atoms with E-state index in [1.165, 1.54) is 13.0 Å². The van der Waals surface area contributed by atoms with Gasteiger partial charge in [0.1, 0.15) is 10.0 Å². The third-order valence-corrected chi connectivity index (χ3v) is 7.71. The standard InChI is InChI=1S/C27H29F3N4O3S/c1-16(35)32-23(11-17-7-9-18(10-8-17)15-31-26(36)37)25-34-33-24(38-25)21-12-20(19-5-3-2-4-6-19)13-22(14-21)27(28,29)30/h7-10,12-14,19,23,31H,2-6,11,15H2,1H3,(H,32,35)(H,36,37). The molecule has 1 heterocycles. The number of aromatic nitrogens is 2. The molecular weight excluding hydrogens is 517 g/mol. The number of halogens is 3. The average Bonchev–Trinajstić information content (AvgIpc) is 3.38. The minimum Gasteiger partial charge on any atom is -0.465 e. The van der Waals surface area contributed by atoms with E-state index < -0.39 is 23.9 Å². The van der Waals surface area contributed by atoms with Crippen LogP contribution in [0.3, 0.4) is 0 Å². The van der Waals surface area contributed by atoms with Gasteiger partial charge in [-0.15, -0.1) is 10.2 Å². The van der Waals surface area contributed by atoms with E-state index in [0.29, 0.717) is 27.6 Å². The molecule has 0 aliphatic heterocycles. The second-order valence-corrected chi connectivity index (χ2v) is 10.6. The lowest BCUT2D eigenvalue weighted by Gasteiger charge is -2.23. The van der Waals surface area contributed by atoms with Crippen LogP contribution in [0.4, 0.5) is 18.0 Å². The van der Waals surface area contributed by atoms with Crippen LogP contribution < -0.4 is 10.6 Å². The third kappa shape index (κ3) is 7.31. The molecule has 7 nitrogen and oxygen atoms in total. The van der Waals surface area contributed by atoms with Gasteiger partial charge in [-0.25, -0.2) is 4.79 Å². The zero-order chi connectivity index (χ0) is 27.3. The van der Waals surface area contributed by atoms with E-state index in [1.54, 1.807) is 18.2 Å². The summed E-state index contributed by atoms with van der Waals surface area (Å²) in [4.78, 5) is 22.6. The van der Waals surface area contributed by atoms with Gasteiger partial charge in [0.05, 0.1) is 11.6 Å². The highest BCUT2D eigenvalue weighted by atomic mass is 32.1. The van der Waals surface area contributed by atoms with Crippen molar-refractivity contribution in [1.29, 1.82) is 0 Å². The summed E-state index contributed by atoms with van der Waals surface area (Å²) in [5.41, 5.74) is 2.02. The normalized spacial score (nSPS) is 15.2. The lowest BCUT2D eigenvalue weighted by Crippen LogP contribution is -2.27. The fraction of sp³-hybridized carbons (Fsp3) is 0.407. The lowest BCUT2D eigenvalue weighted by atomic mass is 9.83. The van der Waals surface area contributed by atoms with E-state index in [9.17, 15) is 22.8 Å². The molecule has 2 aromatic carbocycles. The van der Waals surface area contributed by atoms with Gasteiger partial charge in [0, 0.05) is 19.0 Å². The predicted octanol–water partition coefficient (Wildman–Crippen LogP) is 6.46. The van der Waals surface area contributed by atoms with Crippen LogP contribution in [-0.2, 0) is 23.9 Å². The Kier molecular flexibility index (Phi) is 8.65. The largest absolute Gasteiger partial charge is 0.465 e. The first kappa shape index (κ1) is 27.6. The Hall–Kier alpha value is -3.47. The van der Waals surface area contributed by atoms with Crippen LogP contribution in [0.25, 0.3) is 10.6 Å². The number of amides is 2. The maximum absolute atomic E-state index is 13.8. The highest BCUT2D eigenvalue weighted by Crippen LogP contribution is 2.40. The van der Waals surface area contributed by atoms with Crippen molar-refractivity contribution in [1.82, 2.24) is 20.8 Å². The van der Waals surface area contributed by atoms with E-state index in [-0.39, 0.29) is 18.4 Å². The number of nitrogens with one attached hydrogen (secondary N) is 2. The molecule has 1 atom stereocenters. The van der Waals surface area contributed by atoms with E-state index in [0.717, 1.165) is 60.6 Å². The summed E-state index contributed by atoms with van der Waals surface area (Å²) in [7, 11) is 0. The summed E-state index contributed by atoms with van der Waals surface area (Å²) in [6, 6.07) is 10.9. The van der Waals surface area contributed by atoms with Gasteiger partial charge in [0.25, 0.3) is 0 Å². The van der Waals surface area contributed by atoms with Crippen LogP contribution in [0, 0.1) is 0 Å². The Morgan fingerprint density at radius 1 is 1.05 bits per heavy atom. The first-order chi connectivity index (χ1) is 18.1. The number of nitrogens with zero attached hydrogens (tertiary/aromatic N) is 2. The summed E-state index contributed by atoms with van der Waals surface area (Å²) >= 11 is 1.16. The van der Waals surface area contributed by atoms with E-state index >= 15 is 0 Å². The van der Waals surface area contributed by atoms with Crippen molar-refractivity contribution in [2.75, 3.05) is 0 Å². The molecule has 1 aliphatic carbocycles. The van der Waals surface area contributed by atoms with Crippen molar-refractivity contribution in [3.8, 4) is 10.6 Å². The number of carboxylic acid groups (broad SMARTS) is 1. The molecule has 1 aliphatic rings. The van der Waals surface area contributed by atoms with Crippen molar-refractivity contribution in [2.45, 2.75) is 70.1 Å². The lowest BCUT2D eigenvalue weighted by molar-refractivity contribution is -0.137. The third-order valence-electron chi connectivity index (χ3n) is 6.63. The number of hydrogen-bond acceptors (Lipinski definition) is 5. The minimum atomic E-state index is -4.47. The zero-order valence-electron chi connectivity index (χ0n) is 20.8. The Bertz CT molecular complexity index is 1270. The first-order valence-corrected chi connectivity index (χ1v) is 13.3. The SMILES string of the molecule is CC(=O)NC(Cc1ccc(CNC(=O)O)cc1)c1nnc(-c2cc(C3CCCCC3)cc(C(F)(F)F)c2)s1. The molecular formula is C27H29F3N4O3S.